The average Bonchev–Trinajstić information content (AvgIpc) is 3.80. The van der Waals surface area contributed by atoms with Gasteiger partial charge < -0.3 is 0 Å². The van der Waals surface area contributed by atoms with Gasteiger partial charge in [0, 0.05) is 49.6 Å². The van der Waals surface area contributed by atoms with Crippen molar-refractivity contribution >= 4 is 76.2 Å². The van der Waals surface area contributed by atoms with Crippen LogP contribution in [0.25, 0.3) is 111 Å². The van der Waals surface area contributed by atoms with Crippen molar-refractivity contribution in [2.75, 3.05) is 0 Å². The number of benzene rings is 7. The molecule has 0 saturated carbocycles. The molecule has 0 unspecified atom stereocenters. The van der Waals surface area contributed by atoms with Gasteiger partial charge in [0.15, 0.2) is 11.6 Å². The highest BCUT2D eigenvalue weighted by atomic mass is 15.1. The SMILES string of the molecule is c1ccc(-c2nc(-n3c4ccccc4c4c5ccccc5c5c6ccncc6n(-c6nc(-c7ccccc7)nc7ccccc67)c5c43)c3ccccc3n2)cc1. The summed E-state index contributed by atoms with van der Waals surface area (Å²) in [7, 11) is 0. The predicted octanol–water partition coefficient (Wildman–Crippen LogP) is 11.6. The lowest BCUT2D eigenvalue weighted by molar-refractivity contribution is 1.05. The average molecular weight is 716 g/mol. The van der Waals surface area contributed by atoms with E-state index in [0.29, 0.717) is 11.6 Å². The predicted molar refractivity (Wildman–Crippen MR) is 227 cm³/mol. The lowest BCUT2D eigenvalue weighted by atomic mass is 9.99. The Morgan fingerprint density at radius 2 is 0.768 bits per heavy atom. The standard InChI is InChI=1S/C49H29N7/c1-3-15-30(16-4-1)46-51-38-24-12-9-21-34(38)48(53-46)55-40-26-14-11-23-36(40)42-32-19-7-8-20-33(32)43-37-27-28-50-29-41(37)56(45(43)44(42)55)49-35-22-10-13-25-39(35)52-47(54-49)31-17-5-2-6-18-31/h1-29H. The lowest BCUT2D eigenvalue weighted by Crippen LogP contribution is -2.06. The van der Waals surface area contributed by atoms with Crippen LogP contribution < -0.4 is 0 Å². The smallest absolute Gasteiger partial charge is 0.162 e. The third-order valence-corrected chi connectivity index (χ3v) is 11.0. The molecule has 260 valence electrons. The van der Waals surface area contributed by atoms with Crippen LogP contribution in [-0.2, 0) is 0 Å². The van der Waals surface area contributed by atoms with Gasteiger partial charge in [-0.1, -0.05) is 127 Å². The van der Waals surface area contributed by atoms with Crippen LogP contribution >= 0.6 is 0 Å². The van der Waals surface area contributed by atoms with E-state index in [4.69, 9.17) is 24.9 Å². The number of aromatic nitrogens is 7. The first-order valence-corrected chi connectivity index (χ1v) is 18.7. The number of para-hydroxylation sites is 3. The molecule has 7 aromatic carbocycles. The normalized spacial score (nSPS) is 11.9. The number of nitrogens with zero attached hydrogens (tertiary/aromatic N) is 7. The van der Waals surface area contributed by atoms with Crippen LogP contribution in [0, 0.1) is 0 Å². The van der Waals surface area contributed by atoms with E-state index in [0.717, 1.165) is 93.6 Å². The molecular weight excluding hydrogens is 687 g/mol. The summed E-state index contributed by atoms with van der Waals surface area (Å²) < 4.78 is 4.68. The Morgan fingerprint density at radius 1 is 0.339 bits per heavy atom. The van der Waals surface area contributed by atoms with E-state index in [1.807, 2.05) is 60.9 Å². The molecule has 0 atom stereocenters. The van der Waals surface area contributed by atoms with Crippen LogP contribution in [0.4, 0.5) is 0 Å². The highest BCUT2D eigenvalue weighted by molar-refractivity contribution is 6.36. The first-order chi connectivity index (χ1) is 27.8. The topological polar surface area (TPSA) is 74.3 Å². The number of hydrogen-bond acceptors (Lipinski definition) is 5. The molecule has 7 nitrogen and oxygen atoms in total. The van der Waals surface area contributed by atoms with Crippen LogP contribution in [-0.4, -0.2) is 34.1 Å². The van der Waals surface area contributed by atoms with E-state index >= 15 is 0 Å². The largest absolute Gasteiger partial charge is 0.291 e. The van der Waals surface area contributed by atoms with E-state index in [2.05, 4.69) is 124 Å². The van der Waals surface area contributed by atoms with E-state index < -0.39 is 0 Å². The van der Waals surface area contributed by atoms with Crippen molar-refractivity contribution in [2.24, 2.45) is 0 Å². The maximum Gasteiger partial charge on any atom is 0.162 e. The molecule has 0 spiro atoms. The number of fused-ring (bicyclic) bond motifs is 12. The quantitative estimate of drug-likeness (QED) is 0.181. The Morgan fingerprint density at radius 3 is 1.32 bits per heavy atom. The van der Waals surface area contributed by atoms with Crippen LogP contribution in [0.3, 0.4) is 0 Å². The maximum atomic E-state index is 5.47. The van der Waals surface area contributed by atoms with E-state index in [9.17, 15) is 0 Å². The van der Waals surface area contributed by atoms with Crippen molar-refractivity contribution < 1.29 is 0 Å². The van der Waals surface area contributed by atoms with Crippen molar-refractivity contribution in [2.45, 2.75) is 0 Å². The Hall–Kier alpha value is -7.77. The second kappa shape index (κ2) is 11.9. The first kappa shape index (κ1) is 30.7. The Kier molecular flexibility index (Phi) is 6.50. The fraction of sp³-hybridized carbons (Fsp3) is 0. The summed E-state index contributed by atoms with van der Waals surface area (Å²) >= 11 is 0. The molecule has 0 aliphatic carbocycles. The van der Waals surface area contributed by atoms with Crippen LogP contribution in [0.2, 0.25) is 0 Å². The van der Waals surface area contributed by atoms with Crippen LogP contribution in [0.15, 0.2) is 176 Å². The second-order valence-electron chi connectivity index (χ2n) is 14.1. The van der Waals surface area contributed by atoms with E-state index in [1.54, 1.807) is 0 Å². The molecule has 0 amide bonds. The monoisotopic (exact) mass is 715 g/mol. The summed E-state index contributed by atoms with van der Waals surface area (Å²) in [5, 5.41) is 8.72. The molecule has 0 radical (unpaired) electrons. The fourth-order valence-corrected chi connectivity index (χ4v) is 8.62. The van der Waals surface area contributed by atoms with Crippen molar-refractivity contribution in [3.8, 4) is 34.4 Å². The lowest BCUT2D eigenvalue weighted by Gasteiger charge is -2.16. The number of pyridine rings is 1. The molecule has 0 fully saturated rings. The van der Waals surface area contributed by atoms with E-state index in [-0.39, 0.29) is 0 Å². The molecule has 12 rings (SSSR count). The summed E-state index contributed by atoms with van der Waals surface area (Å²) in [5.74, 6) is 2.92. The second-order valence-corrected chi connectivity index (χ2v) is 14.1. The Balaban J connectivity index is 1.36. The van der Waals surface area contributed by atoms with Crippen LogP contribution in [0.5, 0.6) is 0 Å². The van der Waals surface area contributed by atoms with Gasteiger partial charge in [-0.25, -0.2) is 19.9 Å². The summed E-state index contributed by atoms with van der Waals surface area (Å²) in [6.07, 6.45) is 3.85. The zero-order chi connectivity index (χ0) is 36.7. The Bertz CT molecular complexity index is 3300. The molecule has 5 heterocycles. The molecule has 5 aromatic heterocycles. The minimum absolute atomic E-state index is 0.657. The molecule has 0 aliphatic heterocycles. The molecule has 0 bridgehead atoms. The molecule has 56 heavy (non-hydrogen) atoms. The zero-order valence-electron chi connectivity index (χ0n) is 29.9. The summed E-state index contributed by atoms with van der Waals surface area (Å²) in [6, 6.07) is 56.6. The highest BCUT2D eigenvalue weighted by Crippen LogP contribution is 2.47. The summed E-state index contributed by atoms with van der Waals surface area (Å²) in [4.78, 5) is 25.9. The highest BCUT2D eigenvalue weighted by Gasteiger charge is 2.27. The third-order valence-electron chi connectivity index (χ3n) is 11.0. The summed E-state index contributed by atoms with van der Waals surface area (Å²) in [5.41, 5.74) is 7.70. The van der Waals surface area contributed by atoms with Gasteiger partial charge in [0.05, 0.1) is 39.3 Å². The van der Waals surface area contributed by atoms with Gasteiger partial charge in [0.2, 0.25) is 0 Å². The minimum Gasteiger partial charge on any atom is -0.291 e. The molecule has 0 N–H and O–H groups in total. The third kappa shape index (κ3) is 4.36. The fourth-order valence-electron chi connectivity index (χ4n) is 8.62. The van der Waals surface area contributed by atoms with Gasteiger partial charge in [-0.05, 0) is 47.2 Å². The van der Waals surface area contributed by atoms with Crippen molar-refractivity contribution in [3.05, 3.63) is 176 Å². The van der Waals surface area contributed by atoms with Gasteiger partial charge in [-0.2, -0.15) is 0 Å². The van der Waals surface area contributed by atoms with Gasteiger partial charge >= 0.3 is 0 Å². The van der Waals surface area contributed by atoms with Gasteiger partial charge in [0.1, 0.15) is 11.6 Å². The maximum absolute atomic E-state index is 5.47. The number of rotatable bonds is 4. The van der Waals surface area contributed by atoms with Crippen molar-refractivity contribution in [3.63, 3.8) is 0 Å². The molecule has 0 saturated heterocycles. The van der Waals surface area contributed by atoms with Crippen molar-refractivity contribution in [1.29, 1.82) is 0 Å². The van der Waals surface area contributed by atoms with Crippen LogP contribution in [0.1, 0.15) is 0 Å². The molecule has 0 aliphatic rings. The van der Waals surface area contributed by atoms with Gasteiger partial charge in [-0.3, -0.25) is 14.1 Å². The minimum atomic E-state index is 0.657. The number of hydrogen-bond donors (Lipinski definition) is 0. The summed E-state index contributed by atoms with van der Waals surface area (Å²) in [6.45, 7) is 0. The molecule has 7 heteroatoms. The first-order valence-electron chi connectivity index (χ1n) is 18.7. The van der Waals surface area contributed by atoms with Gasteiger partial charge in [0.25, 0.3) is 0 Å². The van der Waals surface area contributed by atoms with Crippen molar-refractivity contribution in [1.82, 2.24) is 34.1 Å². The Labute approximate surface area is 319 Å². The van der Waals surface area contributed by atoms with Gasteiger partial charge in [-0.15, -0.1) is 0 Å². The molecular formula is C49H29N7. The molecule has 12 aromatic rings. The zero-order valence-corrected chi connectivity index (χ0v) is 29.9. The van der Waals surface area contributed by atoms with E-state index in [1.165, 1.54) is 5.39 Å².